The topological polar surface area (TPSA) is 38.3 Å². The number of carbonyl (C=O) groups excluding carboxylic acids is 1. The molecule has 0 saturated carbocycles. The van der Waals surface area contributed by atoms with Crippen molar-refractivity contribution in [3.63, 3.8) is 0 Å². The quantitative estimate of drug-likeness (QED) is 0.345. The Balaban J connectivity index is 3.82. The maximum atomic E-state index is 11.1. The van der Waals surface area contributed by atoms with Gasteiger partial charge in [-0.3, -0.25) is 4.79 Å². The van der Waals surface area contributed by atoms with Crippen LogP contribution in [0.15, 0.2) is 34.9 Å². The first-order chi connectivity index (χ1) is 10.5. The predicted octanol–water partition coefficient (Wildman–Crippen LogP) is 4.56. The SMILES string of the molecule is CCOC(=O)CNCC=C(C)CCC=C(C)CCC=C(C)C. The normalized spacial score (nSPS) is 12.2. The summed E-state index contributed by atoms with van der Waals surface area (Å²) in [4.78, 5) is 11.1. The molecular weight excluding hydrogens is 274 g/mol. The Kier molecular flexibility index (Phi) is 12.5. The highest BCUT2D eigenvalue weighted by molar-refractivity contribution is 5.71. The van der Waals surface area contributed by atoms with Gasteiger partial charge in [0.2, 0.25) is 0 Å². The summed E-state index contributed by atoms with van der Waals surface area (Å²) in [6, 6.07) is 0. The average molecular weight is 307 g/mol. The van der Waals surface area contributed by atoms with Crippen molar-refractivity contribution in [2.75, 3.05) is 19.7 Å². The highest BCUT2D eigenvalue weighted by atomic mass is 16.5. The first-order valence-corrected chi connectivity index (χ1v) is 8.26. The number of carbonyl (C=O) groups is 1. The van der Waals surface area contributed by atoms with E-state index in [4.69, 9.17) is 4.74 Å². The minimum absolute atomic E-state index is 0.191. The molecule has 126 valence electrons. The number of nitrogens with one attached hydrogen (secondary N) is 1. The minimum Gasteiger partial charge on any atom is -0.465 e. The van der Waals surface area contributed by atoms with Crippen LogP contribution in [-0.4, -0.2) is 25.7 Å². The molecular formula is C19H33NO2. The van der Waals surface area contributed by atoms with E-state index in [0.717, 1.165) is 25.7 Å². The maximum absolute atomic E-state index is 11.1. The Morgan fingerprint density at radius 3 is 2.14 bits per heavy atom. The van der Waals surface area contributed by atoms with Crippen LogP contribution in [0.1, 0.15) is 60.3 Å². The van der Waals surface area contributed by atoms with Crippen molar-refractivity contribution < 1.29 is 9.53 Å². The highest BCUT2D eigenvalue weighted by Crippen LogP contribution is 2.11. The minimum atomic E-state index is -0.191. The standard InChI is InChI=1S/C19H33NO2/c1-6-22-19(21)15-20-14-13-18(5)12-8-11-17(4)10-7-9-16(2)3/h9,11,13,20H,6-8,10,12,14-15H2,1-5H3. The third-order valence-electron chi connectivity index (χ3n) is 3.29. The second-order valence-electron chi connectivity index (χ2n) is 5.90. The monoisotopic (exact) mass is 307 g/mol. The summed E-state index contributed by atoms with van der Waals surface area (Å²) in [5.74, 6) is -0.191. The summed E-state index contributed by atoms with van der Waals surface area (Å²) < 4.78 is 4.85. The van der Waals surface area contributed by atoms with Crippen LogP contribution in [0, 0.1) is 0 Å². The summed E-state index contributed by atoms with van der Waals surface area (Å²) in [7, 11) is 0. The lowest BCUT2D eigenvalue weighted by Gasteiger charge is -2.04. The predicted molar refractivity (Wildman–Crippen MR) is 94.9 cm³/mol. The van der Waals surface area contributed by atoms with E-state index in [0.29, 0.717) is 13.2 Å². The summed E-state index contributed by atoms with van der Waals surface area (Å²) in [6.45, 7) is 11.9. The molecule has 0 aliphatic carbocycles. The van der Waals surface area contributed by atoms with Crippen LogP contribution in [0.5, 0.6) is 0 Å². The smallest absolute Gasteiger partial charge is 0.319 e. The van der Waals surface area contributed by atoms with Gasteiger partial charge < -0.3 is 10.1 Å². The second kappa shape index (κ2) is 13.3. The van der Waals surface area contributed by atoms with E-state index < -0.39 is 0 Å². The molecule has 0 radical (unpaired) electrons. The van der Waals surface area contributed by atoms with Crippen LogP contribution in [0.3, 0.4) is 0 Å². The number of rotatable bonds is 11. The van der Waals surface area contributed by atoms with Gasteiger partial charge in [0.05, 0.1) is 13.2 Å². The molecule has 0 aromatic heterocycles. The lowest BCUT2D eigenvalue weighted by atomic mass is 10.1. The van der Waals surface area contributed by atoms with Crippen LogP contribution in [0.4, 0.5) is 0 Å². The van der Waals surface area contributed by atoms with Crippen LogP contribution in [0.25, 0.3) is 0 Å². The van der Waals surface area contributed by atoms with E-state index in [9.17, 15) is 4.79 Å². The van der Waals surface area contributed by atoms with E-state index in [1.54, 1.807) is 0 Å². The van der Waals surface area contributed by atoms with Gasteiger partial charge in [0.25, 0.3) is 0 Å². The van der Waals surface area contributed by atoms with Crippen LogP contribution < -0.4 is 5.32 Å². The van der Waals surface area contributed by atoms with Gasteiger partial charge in [0.15, 0.2) is 0 Å². The molecule has 1 N–H and O–H groups in total. The Hall–Kier alpha value is -1.35. The molecule has 3 heteroatoms. The molecule has 0 aromatic carbocycles. The average Bonchev–Trinajstić information content (AvgIpc) is 2.43. The van der Waals surface area contributed by atoms with E-state index in [2.05, 4.69) is 51.2 Å². The van der Waals surface area contributed by atoms with Gasteiger partial charge in [-0.1, -0.05) is 34.9 Å². The Morgan fingerprint density at radius 2 is 1.55 bits per heavy atom. The molecule has 0 amide bonds. The van der Waals surface area contributed by atoms with E-state index in [-0.39, 0.29) is 12.5 Å². The zero-order valence-electron chi connectivity index (χ0n) is 15.0. The summed E-state index contributed by atoms with van der Waals surface area (Å²) in [6.07, 6.45) is 11.2. The van der Waals surface area contributed by atoms with Crippen molar-refractivity contribution in [2.45, 2.75) is 60.3 Å². The van der Waals surface area contributed by atoms with Gasteiger partial charge in [0.1, 0.15) is 0 Å². The zero-order valence-corrected chi connectivity index (χ0v) is 15.0. The number of allylic oxidation sites excluding steroid dienone is 5. The number of hydrogen-bond donors (Lipinski definition) is 1. The number of ether oxygens (including phenoxy) is 1. The third kappa shape index (κ3) is 13.6. The van der Waals surface area contributed by atoms with Gasteiger partial charge in [-0.05, 0) is 60.3 Å². The maximum Gasteiger partial charge on any atom is 0.319 e. The van der Waals surface area contributed by atoms with Crippen LogP contribution in [0.2, 0.25) is 0 Å². The van der Waals surface area contributed by atoms with Crippen molar-refractivity contribution in [1.82, 2.24) is 5.32 Å². The molecule has 0 aromatic rings. The highest BCUT2D eigenvalue weighted by Gasteiger charge is 1.98. The molecule has 3 nitrogen and oxygen atoms in total. The molecule has 0 spiro atoms. The van der Waals surface area contributed by atoms with Crippen molar-refractivity contribution in [2.24, 2.45) is 0 Å². The van der Waals surface area contributed by atoms with Crippen LogP contribution >= 0.6 is 0 Å². The summed E-state index contributed by atoms with van der Waals surface area (Å²) in [5, 5.41) is 3.07. The second-order valence-corrected chi connectivity index (χ2v) is 5.90. The van der Waals surface area contributed by atoms with Crippen molar-refractivity contribution in [3.05, 3.63) is 34.9 Å². The number of esters is 1. The first-order valence-electron chi connectivity index (χ1n) is 8.26. The van der Waals surface area contributed by atoms with Crippen molar-refractivity contribution in [3.8, 4) is 0 Å². The van der Waals surface area contributed by atoms with Gasteiger partial charge in [-0.15, -0.1) is 0 Å². The molecule has 0 heterocycles. The Bertz CT molecular complexity index is 402. The van der Waals surface area contributed by atoms with E-state index >= 15 is 0 Å². The van der Waals surface area contributed by atoms with E-state index in [1.165, 1.54) is 16.7 Å². The fraction of sp³-hybridized carbons (Fsp3) is 0.632. The van der Waals surface area contributed by atoms with Crippen LogP contribution in [-0.2, 0) is 9.53 Å². The number of hydrogen-bond acceptors (Lipinski definition) is 3. The molecule has 0 saturated heterocycles. The van der Waals surface area contributed by atoms with Gasteiger partial charge in [-0.25, -0.2) is 0 Å². The first kappa shape index (κ1) is 20.6. The fourth-order valence-corrected chi connectivity index (χ4v) is 1.97. The lowest BCUT2D eigenvalue weighted by molar-refractivity contribution is -0.141. The molecule has 0 unspecified atom stereocenters. The lowest BCUT2D eigenvalue weighted by Crippen LogP contribution is -2.24. The summed E-state index contributed by atoms with van der Waals surface area (Å²) in [5.41, 5.74) is 4.21. The van der Waals surface area contributed by atoms with Crippen molar-refractivity contribution >= 4 is 5.97 Å². The Labute approximate surface area is 136 Å². The fourth-order valence-electron chi connectivity index (χ4n) is 1.97. The van der Waals surface area contributed by atoms with E-state index in [1.807, 2.05) is 6.92 Å². The third-order valence-corrected chi connectivity index (χ3v) is 3.29. The largest absolute Gasteiger partial charge is 0.465 e. The van der Waals surface area contributed by atoms with Gasteiger partial charge in [0, 0.05) is 6.54 Å². The van der Waals surface area contributed by atoms with Gasteiger partial charge in [-0.2, -0.15) is 0 Å². The molecule has 0 bridgehead atoms. The molecule has 0 aliphatic rings. The molecule has 0 atom stereocenters. The zero-order chi connectivity index (χ0) is 16.8. The molecule has 0 aliphatic heterocycles. The molecule has 22 heavy (non-hydrogen) atoms. The molecule has 0 fully saturated rings. The summed E-state index contributed by atoms with van der Waals surface area (Å²) >= 11 is 0. The van der Waals surface area contributed by atoms with Gasteiger partial charge >= 0.3 is 5.97 Å². The molecule has 0 rings (SSSR count). The Morgan fingerprint density at radius 1 is 0.955 bits per heavy atom. The van der Waals surface area contributed by atoms with Crippen molar-refractivity contribution in [1.29, 1.82) is 0 Å².